The smallest absolute Gasteiger partial charge is 0.399 e. The summed E-state index contributed by atoms with van der Waals surface area (Å²) in [7, 11) is 2.94. The Bertz CT molecular complexity index is 1740. The van der Waals surface area contributed by atoms with Crippen molar-refractivity contribution in [1.82, 2.24) is 19.6 Å². The molecular weight excluding hydrogens is 612 g/mol. The Morgan fingerprint density at radius 1 is 0.696 bits per heavy atom. The number of hydrogen-bond donors (Lipinski definition) is 3. The fourth-order valence-corrected chi connectivity index (χ4v) is 4.17. The van der Waals surface area contributed by atoms with Crippen molar-refractivity contribution < 1.29 is 31.1 Å². The minimum Gasteiger partial charge on any atom is -0.399 e. The van der Waals surface area contributed by atoms with E-state index in [9.17, 15) is 31.1 Å². The molecule has 2 aromatic heterocycles. The normalized spacial score (nSPS) is 12.8. The van der Waals surface area contributed by atoms with Crippen LogP contribution in [-0.4, -0.2) is 25.5 Å². The highest BCUT2D eigenvalue weighted by Gasteiger charge is 2.35. The summed E-state index contributed by atoms with van der Waals surface area (Å²) < 4.78 is 77.8. The number of anilines is 3. The summed E-state index contributed by atoms with van der Waals surface area (Å²) in [5, 5.41) is 9.71. The number of hydrogen-bond acceptors (Lipinski definition) is 5. The Hall–Kier alpha value is -5.27. The molecule has 8 nitrogen and oxygen atoms in total. The molecule has 0 unspecified atom stereocenters. The number of nitrogen functional groups attached to an aromatic ring is 2. The first-order chi connectivity index (χ1) is 21.6. The fraction of sp³-hybridized carbons (Fsp3) is 0.219. The number of carbonyl (C=O) groups is 1. The highest BCUT2D eigenvalue weighted by molar-refractivity contribution is 5.94. The largest absolute Gasteiger partial charge is 0.435 e. The summed E-state index contributed by atoms with van der Waals surface area (Å²) in [6.45, 7) is 0. The molecule has 0 spiro atoms. The lowest BCUT2D eigenvalue weighted by molar-refractivity contribution is -0.142. The highest BCUT2D eigenvalue weighted by Crippen LogP contribution is 2.33. The lowest BCUT2D eigenvalue weighted by Crippen LogP contribution is -2.13. The summed E-state index contributed by atoms with van der Waals surface area (Å²) >= 11 is 0. The second kappa shape index (κ2) is 13.8. The Morgan fingerprint density at radius 3 is 1.46 bits per heavy atom. The van der Waals surface area contributed by atoms with Gasteiger partial charge in [-0.3, -0.25) is 14.2 Å². The number of rotatable bonds is 4. The molecule has 3 aromatic carbocycles. The maximum Gasteiger partial charge on any atom is 0.435 e. The number of halogens is 6. The molecule has 6 rings (SSSR count). The maximum absolute atomic E-state index is 12.7. The maximum atomic E-state index is 12.7. The minimum absolute atomic E-state index is 0.00681. The third kappa shape index (κ3) is 9.13. The number of nitrogens with one attached hydrogen (secondary N) is 1. The summed E-state index contributed by atoms with van der Waals surface area (Å²) in [6.07, 6.45) is -7.06. The molecule has 0 aliphatic heterocycles. The van der Waals surface area contributed by atoms with Crippen LogP contribution >= 0.6 is 0 Å². The zero-order valence-electron chi connectivity index (χ0n) is 24.8. The van der Waals surface area contributed by atoms with Crippen molar-refractivity contribution in [2.75, 3.05) is 16.8 Å². The van der Waals surface area contributed by atoms with Crippen molar-refractivity contribution in [3.8, 4) is 22.5 Å². The van der Waals surface area contributed by atoms with Gasteiger partial charge in [-0.2, -0.15) is 36.5 Å². The van der Waals surface area contributed by atoms with Gasteiger partial charge in [0.25, 0.3) is 0 Å². The molecule has 5 aromatic rings. The minimum atomic E-state index is -4.46. The van der Waals surface area contributed by atoms with Crippen molar-refractivity contribution in [1.29, 1.82) is 0 Å². The van der Waals surface area contributed by atoms with Gasteiger partial charge in [-0.05, 0) is 72.5 Å². The average molecular weight is 644 g/mol. The first kappa shape index (κ1) is 33.6. The second-order valence-corrected chi connectivity index (χ2v) is 10.4. The molecule has 1 amide bonds. The lowest BCUT2D eigenvalue weighted by Gasteiger charge is -2.06. The van der Waals surface area contributed by atoms with E-state index in [1.807, 2.05) is 30.3 Å². The molecule has 0 saturated heterocycles. The van der Waals surface area contributed by atoms with Crippen LogP contribution in [-0.2, 0) is 31.2 Å². The van der Waals surface area contributed by atoms with Crippen LogP contribution in [0.15, 0.2) is 91.0 Å². The van der Waals surface area contributed by atoms with Gasteiger partial charge in [-0.15, -0.1) is 0 Å². The summed E-state index contributed by atoms with van der Waals surface area (Å²) in [6, 6.07) is 24.8. The molecule has 5 N–H and O–H groups in total. The van der Waals surface area contributed by atoms with Gasteiger partial charge in [0.2, 0.25) is 5.91 Å². The third-order valence-electron chi connectivity index (χ3n) is 6.74. The molecule has 14 heteroatoms. The lowest BCUT2D eigenvalue weighted by atomic mass is 10.1. The standard InChI is InChI=1S/C15H14F3N3O.C11H10F3N3.C6H7N/c1-21-12(8-13(20-21)15(16,17)18)9-4-6-11(7-5-9)19-14(22)10-2-3-10;1-17-9(6-10(16-17)11(12,13)14)7-2-4-8(15)5-3-7;7-6-4-2-1-3-5-6/h4-8,10H,2-3H2,1H3,(H,19,22);2-6H,15H2,1H3;1-5H,7H2. The summed E-state index contributed by atoms with van der Waals surface area (Å²) in [4.78, 5) is 11.6. The number of para-hydroxylation sites is 1. The van der Waals surface area contributed by atoms with E-state index in [1.165, 1.54) is 23.5 Å². The number of aromatic nitrogens is 4. The number of nitrogens with zero attached hydrogens (tertiary/aromatic N) is 4. The quantitative estimate of drug-likeness (QED) is 0.139. The van der Waals surface area contributed by atoms with Crippen LogP contribution < -0.4 is 16.8 Å². The predicted octanol–water partition coefficient (Wildman–Crippen LogP) is 7.41. The van der Waals surface area contributed by atoms with Gasteiger partial charge in [0.15, 0.2) is 11.4 Å². The molecule has 1 fully saturated rings. The van der Waals surface area contributed by atoms with Gasteiger partial charge in [0.1, 0.15) is 0 Å². The highest BCUT2D eigenvalue weighted by atomic mass is 19.4. The summed E-state index contributed by atoms with van der Waals surface area (Å²) in [5.74, 6) is 0.0961. The predicted molar refractivity (Wildman–Crippen MR) is 164 cm³/mol. The number of nitrogens with two attached hydrogens (primary N) is 2. The molecule has 0 atom stereocenters. The van der Waals surface area contributed by atoms with E-state index in [-0.39, 0.29) is 11.8 Å². The van der Waals surface area contributed by atoms with Crippen LogP contribution in [0.4, 0.5) is 43.4 Å². The monoisotopic (exact) mass is 643 g/mol. The Morgan fingerprint density at radius 2 is 1.11 bits per heavy atom. The van der Waals surface area contributed by atoms with Crippen molar-refractivity contribution in [3.63, 3.8) is 0 Å². The van der Waals surface area contributed by atoms with E-state index >= 15 is 0 Å². The number of aryl methyl sites for hydroxylation is 2. The molecular formula is C32H31F6N7O. The topological polar surface area (TPSA) is 117 Å². The van der Waals surface area contributed by atoms with Crippen molar-refractivity contribution in [2.45, 2.75) is 25.2 Å². The SMILES string of the molecule is Cn1nc(C(F)(F)F)cc1-c1ccc(N)cc1.Cn1nc(C(F)(F)F)cc1-c1ccc(NC(=O)C2CC2)cc1.Nc1ccccc1. The van der Waals surface area contributed by atoms with Crippen LogP contribution in [0.25, 0.3) is 22.5 Å². The first-order valence-corrected chi connectivity index (χ1v) is 13.9. The van der Waals surface area contributed by atoms with Crippen LogP contribution in [0, 0.1) is 5.92 Å². The first-order valence-electron chi connectivity index (χ1n) is 13.9. The fourth-order valence-electron chi connectivity index (χ4n) is 4.17. The number of carbonyl (C=O) groups excluding carboxylic acids is 1. The van der Waals surface area contributed by atoms with Gasteiger partial charge in [-0.1, -0.05) is 42.5 Å². The van der Waals surface area contributed by atoms with E-state index in [0.29, 0.717) is 33.9 Å². The van der Waals surface area contributed by atoms with E-state index in [2.05, 4.69) is 15.5 Å². The Labute approximate surface area is 260 Å². The third-order valence-corrected chi connectivity index (χ3v) is 6.74. The van der Waals surface area contributed by atoms with Gasteiger partial charge in [0, 0.05) is 37.1 Å². The Balaban J connectivity index is 0.000000176. The summed E-state index contributed by atoms with van der Waals surface area (Å²) in [5.41, 5.74) is 13.1. The van der Waals surface area contributed by atoms with Gasteiger partial charge in [0.05, 0.1) is 11.4 Å². The van der Waals surface area contributed by atoms with E-state index < -0.39 is 23.7 Å². The van der Waals surface area contributed by atoms with Crippen molar-refractivity contribution in [3.05, 3.63) is 102 Å². The Kier molecular flexibility index (Phi) is 10.1. The molecule has 1 aliphatic carbocycles. The molecule has 46 heavy (non-hydrogen) atoms. The van der Waals surface area contributed by atoms with Gasteiger partial charge < -0.3 is 16.8 Å². The van der Waals surface area contributed by atoms with Crippen LogP contribution in [0.3, 0.4) is 0 Å². The van der Waals surface area contributed by atoms with Crippen molar-refractivity contribution in [2.24, 2.45) is 20.0 Å². The van der Waals surface area contributed by atoms with E-state index in [4.69, 9.17) is 11.5 Å². The molecule has 242 valence electrons. The zero-order chi connectivity index (χ0) is 33.6. The van der Waals surface area contributed by atoms with Gasteiger partial charge in [-0.25, -0.2) is 0 Å². The molecule has 1 saturated carbocycles. The van der Waals surface area contributed by atoms with E-state index in [0.717, 1.165) is 30.7 Å². The number of amides is 1. The average Bonchev–Trinajstić information content (AvgIpc) is 3.66. The van der Waals surface area contributed by atoms with E-state index in [1.54, 1.807) is 48.5 Å². The van der Waals surface area contributed by atoms with Crippen molar-refractivity contribution >= 4 is 23.0 Å². The van der Waals surface area contributed by atoms with Crippen LogP contribution in [0.5, 0.6) is 0 Å². The zero-order valence-corrected chi connectivity index (χ0v) is 24.8. The number of benzene rings is 3. The molecule has 0 radical (unpaired) electrons. The van der Waals surface area contributed by atoms with Crippen LogP contribution in [0.1, 0.15) is 24.2 Å². The second-order valence-electron chi connectivity index (χ2n) is 10.4. The van der Waals surface area contributed by atoms with Crippen LogP contribution in [0.2, 0.25) is 0 Å². The molecule has 0 bridgehead atoms. The number of alkyl halides is 6. The molecule has 2 heterocycles. The van der Waals surface area contributed by atoms with Gasteiger partial charge >= 0.3 is 12.4 Å². The molecule has 1 aliphatic rings.